The third-order valence-corrected chi connectivity index (χ3v) is 5.80. The maximum atomic E-state index is 13.7. The lowest BCUT2D eigenvalue weighted by Gasteiger charge is -2.41. The summed E-state index contributed by atoms with van der Waals surface area (Å²) >= 11 is 0. The average Bonchev–Trinajstić information content (AvgIpc) is 2.76. The second-order valence-corrected chi connectivity index (χ2v) is 7.95. The summed E-state index contributed by atoms with van der Waals surface area (Å²) in [6, 6.07) is 8.44. The number of halogens is 2. The Labute approximate surface area is 179 Å². The monoisotopic (exact) mass is 431 g/mol. The third-order valence-electron chi connectivity index (χ3n) is 5.47. The van der Waals surface area contributed by atoms with E-state index in [0.29, 0.717) is 5.75 Å². The highest BCUT2D eigenvalue weighted by molar-refractivity contribution is 7.17. The number of pyridine rings is 1. The highest BCUT2D eigenvalue weighted by Crippen LogP contribution is 2.40. The Balaban J connectivity index is 1.94. The molecule has 0 N–H and O–H groups in total. The highest BCUT2D eigenvalue weighted by atomic mass is 31.0. The zero-order chi connectivity index (χ0) is 21.7. The molecule has 160 valence electrons. The normalized spacial score (nSPS) is 15.8. The molecule has 0 radical (unpaired) electrons. The first-order valence-corrected chi connectivity index (χ1v) is 10.5. The predicted molar refractivity (Wildman–Crippen MR) is 122 cm³/mol. The minimum absolute atomic E-state index is 0.0344. The standard InChI is InChI=1S/C23H28F2N3OP/c1-4-18(5-2)27-14-11-20(12-15-27)28(21-16-26-13-10-22(21)29-3)19-8-6-17(7-9-19)23(24,25)30/h4-10,13,16,20H,1,11-12,14-15,30H2,2-3H3/b18-5+. The largest absolute Gasteiger partial charge is 0.494 e. The number of hydrogen-bond donors (Lipinski definition) is 0. The van der Waals surface area contributed by atoms with Crippen LogP contribution in [0.25, 0.3) is 0 Å². The molecule has 2 heterocycles. The molecule has 0 saturated carbocycles. The van der Waals surface area contributed by atoms with Crippen molar-refractivity contribution in [3.8, 4) is 5.75 Å². The van der Waals surface area contributed by atoms with Crippen LogP contribution in [0.4, 0.5) is 20.2 Å². The van der Waals surface area contributed by atoms with E-state index in [1.165, 1.54) is 12.1 Å². The molecule has 0 spiro atoms. The first-order valence-electron chi connectivity index (χ1n) is 9.97. The van der Waals surface area contributed by atoms with Gasteiger partial charge in [-0.2, -0.15) is 8.78 Å². The lowest BCUT2D eigenvalue weighted by molar-refractivity contribution is 0.104. The van der Waals surface area contributed by atoms with Crippen LogP contribution in [0.3, 0.4) is 0 Å². The van der Waals surface area contributed by atoms with Gasteiger partial charge in [0.15, 0.2) is 0 Å². The summed E-state index contributed by atoms with van der Waals surface area (Å²) in [7, 11) is 3.21. The summed E-state index contributed by atoms with van der Waals surface area (Å²) in [5.41, 5.74) is -0.181. The van der Waals surface area contributed by atoms with Gasteiger partial charge in [-0.1, -0.05) is 34.0 Å². The number of anilines is 2. The number of ether oxygens (including phenoxy) is 1. The van der Waals surface area contributed by atoms with Crippen molar-refractivity contribution >= 4 is 20.6 Å². The summed E-state index contributed by atoms with van der Waals surface area (Å²) in [5, 5.41) is 0. The van der Waals surface area contributed by atoms with Crippen LogP contribution < -0.4 is 9.64 Å². The molecule has 1 saturated heterocycles. The molecule has 1 atom stereocenters. The summed E-state index contributed by atoms with van der Waals surface area (Å²) in [4.78, 5) is 8.77. The molecule has 30 heavy (non-hydrogen) atoms. The molecule has 0 bridgehead atoms. The Morgan fingerprint density at radius 1 is 1.27 bits per heavy atom. The highest BCUT2D eigenvalue weighted by Gasteiger charge is 2.29. The van der Waals surface area contributed by atoms with Crippen LogP contribution in [0.15, 0.2) is 67.2 Å². The lowest BCUT2D eigenvalue weighted by Crippen LogP contribution is -2.42. The maximum Gasteiger partial charge on any atom is 0.283 e. The molecule has 1 unspecified atom stereocenters. The smallest absolute Gasteiger partial charge is 0.283 e. The average molecular weight is 431 g/mol. The molecule has 3 rings (SSSR count). The van der Waals surface area contributed by atoms with E-state index in [-0.39, 0.29) is 11.6 Å². The second-order valence-electron chi connectivity index (χ2n) is 7.22. The van der Waals surface area contributed by atoms with Gasteiger partial charge >= 0.3 is 0 Å². The first-order chi connectivity index (χ1) is 14.4. The summed E-state index contributed by atoms with van der Waals surface area (Å²) < 4.78 is 32.9. The van der Waals surface area contributed by atoms with Crippen LogP contribution >= 0.6 is 9.24 Å². The molecule has 4 nitrogen and oxygen atoms in total. The van der Waals surface area contributed by atoms with Gasteiger partial charge in [-0.15, -0.1) is 0 Å². The Bertz CT molecular complexity index is 888. The first kappa shape index (κ1) is 22.2. The van der Waals surface area contributed by atoms with E-state index in [4.69, 9.17) is 4.74 Å². The molecule has 1 aliphatic rings. The quantitative estimate of drug-likeness (QED) is 0.415. The van der Waals surface area contributed by atoms with Crippen LogP contribution in [-0.2, 0) is 5.66 Å². The van der Waals surface area contributed by atoms with Crippen molar-refractivity contribution in [3.05, 3.63) is 72.7 Å². The van der Waals surface area contributed by atoms with E-state index in [1.54, 1.807) is 40.9 Å². The molecule has 0 amide bonds. The Kier molecular flexibility index (Phi) is 7.09. The zero-order valence-electron chi connectivity index (χ0n) is 17.4. The number of rotatable bonds is 7. The zero-order valence-corrected chi connectivity index (χ0v) is 18.5. The van der Waals surface area contributed by atoms with Crippen molar-refractivity contribution in [3.63, 3.8) is 0 Å². The van der Waals surface area contributed by atoms with Crippen LogP contribution in [0.5, 0.6) is 5.75 Å². The Hall–Kier alpha value is -2.46. The van der Waals surface area contributed by atoms with Gasteiger partial charge in [0, 0.05) is 48.3 Å². The second kappa shape index (κ2) is 9.57. The van der Waals surface area contributed by atoms with Crippen molar-refractivity contribution in [1.29, 1.82) is 0 Å². The molecule has 2 aromatic rings. The number of alkyl halides is 2. The van der Waals surface area contributed by atoms with Gasteiger partial charge in [-0.05, 0) is 38.0 Å². The van der Waals surface area contributed by atoms with E-state index in [9.17, 15) is 8.78 Å². The molecular formula is C23H28F2N3OP. The number of hydrogen-bond acceptors (Lipinski definition) is 4. The number of aromatic nitrogens is 1. The summed E-state index contributed by atoms with van der Waals surface area (Å²) in [5.74, 6) is 0.702. The lowest BCUT2D eigenvalue weighted by atomic mass is 10.00. The fourth-order valence-corrected chi connectivity index (χ4v) is 4.12. The maximum absolute atomic E-state index is 13.7. The Morgan fingerprint density at radius 3 is 2.47 bits per heavy atom. The molecule has 7 heteroatoms. The van der Waals surface area contributed by atoms with E-state index < -0.39 is 5.66 Å². The Morgan fingerprint density at radius 2 is 1.93 bits per heavy atom. The van der Waals surface area contributed by atoms with Crippen molar-refractivity contribution < 1.29 is 13.5 Å². The van der Waals surface area contributed by atoms with Gasteiger partial charge in [0.2, 0.25) is 0 Å². The number of allylic oxidation sites excluding steroid dienone is 2. The van der Waals surface area contributed by atoms with Gasteiger partial charge in [-0.25, -0.2) is 0 Å². The fourth-order valence-electron chi connectivity index (χ4n) is 3.93. The third kappa shape index (κ3) is 4.81. The van der Waals surface area contributed by atoms with Gasteiger partial charge in [-0.3, -0.25) is 4.98 Å². The molecular weight excluding hydrogens is 403 g/mol. The number of methoxy groups -OCH3 is 1. The van der Waals surface area contributed by atoms with Gasteiger partial charge in [0.05, 0.1) is 13.3 Å². The topological polar surface area (TPSA) is 28.6 Å². The van der Waals surface area contributed by atoms with Gasteiger partial charge < -0.3 is 14.5 Å². The minimum atomic E-state index is -2.95. The van der Waals surface area contributed by atoms with Crippen LogP contribution in [0, 0.1) is 0 Å². The molecule has 0 aliphatic carbocycles. The summed E-state index contributed by atoms with van der Waals surface area (Å²) in [6.07, 6.45) is 9.21. The number of likely N-dealkylation sites (tertiary alicyclic amines) is 1. The summed E-state index contributed by atoms with van der Waals surface area (Å²) in [6.45, 7) is 7.68. The van der Waals surface area contributed by atoms with Crippen molar-refractivity contribution in [2.45, 2.75) is 31.5 Å². The van der Waals surface area contributed by atoms with Crippen LogP contribution in [0.2, 0.25) is 0 Å². The predicted octanol–water partition coefficient (Wildman–Crippen LogP) is 5.71. The van der Waals surface area contributed by atoms with Crippen LogP contribution in [-0.4, -0.2) is 36.1 Å². The van der Waals surface area contributed by atoms with Crippen molar-refractivity contribution in [1.82, 2.24) is 9.88 Å². The van der Waals surface area contributed by atoms with Gasteiger partial charge in [0.25, 0.3) is 5.66 Å². The fraction of sp³-hybridized carbons (Fsp3) is 0.348. The minimum Gasteiger partial charge on any atom is -0.494 e. The van der Waals surface area contributed by atoms with E-state index in [2.05, 4.69) is 27.4 Å². The number of nitrogens with zero attached hydrogens (tertiary/aromatic N) is 3. The molecule has 1 aromatic heterocycles. The van der Waals surface area contributed by atoms with E-state index >= 15 is 0 Å². The van der Waals surface area contributed by atoms with E-state index in [1.807, 2.05) is 19.1 Å². The number of piperidine rings is 1. The molecule has 1 aliphatic heterocycles. The molecule has 1 fully saturated rings. The van der Waals surface area contributed by atoms with Gasteiger partial charge in [0.1, 0.15) is 11.4 Å². The van der Waals surface area contributed by atoms with Crippen molar-refractivity contribution in [2.24, 2.45) is 0 Å². The SMILES string of the molecule is C=C/C(=C\C)N1CCC(N(c2ccc(C(F)(F)P)cc2)c2cnccc2OC)CC1. The van der Waals surface area contributed by atoms with Crippen molar-refractivity contribution in [2.75, 3.05) is 25.1 Å². The van der Waals surface area contributed by atoms with E-state index in [0.717, 1.165) is 43.0 Å². The molecule has 1 aromatic carbocycles. The number of benzene rings is 1. The van der Waals surface area contributed by atoms with Crippen LogP contribution in [0.1, 0.15) is 25.3 Å².